The quantitative estimate of drug-likeness (QED) is 0.655. The molecular formula is C23H24FN3OS. The van der Waals surface area contributed by atoms with Crippen LogP contribution in [0.2, 0.25) is 0 Å². The van der Waals surface area contributed by atoms with Gasteiger partial charge in [0, 0.05) is 35.6 Å². The Bertz CT molecular complexity index is 988. The van der Waals surface area contributed by atoms with Crippen molar-refractivity contribution >= 4 is 11.8 Å². The molecule has 4 rings (SSSR count). The zero-order valence-corrected chi connectivity index (χ0v) is 17.5. The van der Waals surface area contributed by atoms with Crippen LogP contribution in [-0.4, -0.2) is 22.5 Å². The van der Waals surface area contributed by atoms with E-state index in [0.29, 0.717) is 30.8 Å². The highest BCUT2D eigenvalue weighted by Crippen LogP contribution is 2.49. The molecule has 0 spiro atoms. The summed E-state index contributed by atoms with van der Waals surface area (Å²) in [6.45, 7) is 2.48. The van der Waals surface area contributed by atoms with E-state index in [-0.39, 0.29) is 11.9 Å². The van der Waals surface area contributed by atoms with Crippen LogP contribution in [0, 0.1) is 22.7 Å². The van der Waals surface area contributed by atoms with Crippen molar-refractivity contribution in [3.63, 3.8) is 0 Å². The lowest BCUT2D eigenvalue weighted by Gasteiger charge is -2.40. The average molecular weight is 410 g/mol. The summed E-state index contributed by atoms with van der Waals surface area (Å²) in [6, 6.07) is 12.5. The lowest BCUT2D eigenvalue weighted by Crippen LogP contribution is -2.39. The second-order valence-electron chi connectivity index (χ2n) is 7.77. The van der Waals surface area contributed by atoms with Gasteiger partial charge in [-0.1, -0.05) is 30.0 Å². The van der Waals surface area contributed by atoms with Gasteiger partial charge in [0.05, 0.1) is 23.3 Å². The Labute approximate surface area is 175 Å². The number of thioether (sulfide) groups is 1. The molecular weight excluding hydrogens is 385 g/mol. The summed E-state index contributed by atoms with van der Waals surface area (Å²) >= 11 is 1.42. The van der Waals surface area contributed by atoms with Gasteiger partial charge in [-0.2, -0.15) is 10.4 Å². The topological polar surface area (TPSA) is 50.8 Å². The molecule has 0 N–H and O–H groups in total. The monoisotopic (exact) mass is 409 g/mol. The van der Waals surface area contributed by atoms with E-state index < -0.39 is 11.3 Å². The first-order valence-corrected chi connectivity index (χ1v) is 10.7. The molecule has 3 atom stereocenters. The predicted molar refractivity (Wildman–Crippen MR) is 113 cm³/mol. The van der Waals surface area contributed by atoms with Crippen LogP contribution < -0.4 is 0 Å². The first-order chi connectivity index (χ1) is 14.0. The Kier molecular flexibility index (Phi) is 5.62. The van der Waals surface area contributed by atoms with Gasteiger partial charge >= 0.3 is 0 Å². The maximum absolute atomic E-state index is 15.5. The van der Waals surface area contributed by atoms with Crippen LogP contribution in [0.1, 0.15) is 26.2 Å². The Hall–Kier alpha value is -2.36. The van der Waals surface area contributed by atoms with E-state index >= 15 is 4.39 Å². The van der Waals surface area contributed by atoms with Gasteiger partial charge in [0.1, 0.15) is 5.83 Å². The highest BCUT2D eigenvalue weighted by molar-refractivity contribution is 8.03. The smallest absolute Gasteiger partial charge is 0.119 e. The molecule has 1 aliphatic carbocycles. The van der Waals surface area contributed by atoms with Crippen LogP contribution in [0.15, 0.2) is 64.3 Å². The maximum Gasteiger partial charge on any atom is 0.119 e. The molecule has 1 saturated heterocycles. The number of benzene rings is 1. The van der Waals surface area contributed by atoms with Crippen molar-refractivity contribution < 1.29 is 9.13 Å². The van der Waals surface area contributed by atoms with E-state index in [0.717, 1.165) is 16.2 Å². The number of nitriles is 1. The van der Waals surface area contributed by atoms with Gasteiger partial charge in [0.2, 0.25) is 0 Å². The van der Waals surface area contributed by atoms with E-state index in [1.54, 1.807) is 6.20 Å². The van der Waals surface area contributed by atoms with Crippen molar-refractivity contribution in [2.45, 2.75) is 37.2 Å². The second-order valence-corrected chi connectivity index (χ2v) is 8.89. The van der Waals surface area contributed by atoms with Gasteiger partial charge in [-0.15, -0.1) is 0 Å². The van der Waals surface area contributed by atoms with Crippen molar-refractivity contribution in [3.8, 4) is 17.3 Å². The number of aromatic nitrogens is 2. The largest absolute Gasteiger partial charge is 0.378 e. The normalized spacial score (nSPS) is 27.1. The lowest BCUT2D eigenvalue weighted by molar-refractivity contribution is -0.0362. The third-order valence-electron chi connectivity index (χ3n) is 5.87. The van der Waals surface area contributed by atoms with Crippen LogP contribution in [0.25, 0.3) is 11.3 Å². The molecule has 2 aromatic rings. The van der Waals surface area contributed by atoms with Gasteiger partial charge in [0.25, 0.3) is 0 Å². The number of aryl methyl sites for hydroxylation is 1. The maximum atomic E-state index is 15.5. The van der Waals surface area contributed by atoms with Gasteiger partial charge < -0.3 is 4.74 Å². The molecule has 1 aromatic carbocycles. The number of rotatable bonds is 4. The fraction of sp³-hybridized carbons (Fsp3) is 0.391. The summed E-state index contributed by atoms with van der Waals surface area (Å²) in [7, 11) is 1.91. The number of nitrogens with zero attached hydrogens (tertiary/aromatic N) is 3. The number of hydrogen-bond acceptors (Lipinski definition) is 4. The van der Waals surface area contributed by atoms with E-state index in [1.165, 1.54) is 11.8 Å². The molecule has 1 unspecified atom stereocenters. The van der Waals surface area contributed by atoms with Crippen LogP contribution >= 0.6 is 11.8 Å². The van der Waals surface area contributed by atoms with E-state index in [2.05, 4.69) is 11.2 Å². The van der Waals surface area contributed by atoms with Crippen molar-refractivity contribution in [1.29, 1.82) is 5.26 Å². The predicted octanol–water partition coefficient (Wildman–Crippen LogP) is 5.65. The molecule has 150 valence electrons. The van der Waals surface area contributed by atoms with Crippen LogP contribution in [0.4, 0.5) is 4.39 Å². The minimum atomic E-state index is -0.693. The first kappa shape index (κ1) is 19.9. The van der Waals surface area contributed by atoms with Crippen LogP contribution in [0.5, 0.6) is 0 Å². The standard InChI is InChI=1S/C23H24FN3OS/c1-16-14-23(15-25,11-13-28-16)19-4-3-5-21(22(19)24)29-18-8-6-17(7-9-18)20-10-12-26-27(20)2/h3,5-10,12,16,19H,4,11,13-14H2,1-2H3/t16-,19?,23-/m0/s1. The van der Waals surface area contributed by atoms with Gasteiger partial charge in [0.15, 0.2) is 0 Å². The van der Waals surface area contributed by atoms with Crippen molar-refractivity contribution in [1.82, 2.24) is 9.78 Å². The minimum absolute atomic E-state index is 0.0160. The summed E-state index contributed by atoms with van der Waals surface area (Å²) in [6.07, 6.45) is 7.32. The van der Waals surface area contributed by atoms with Crippen molar-refractivity contribution in [3.05, 3.63) is 59.4 Å². The third-order valence-corrected chi connectivity index (χ3v) is 6.93. The molecule has 4 nitrogen and oxygen atoms in total. The van der Waals surface area contributed by atoms with E-state index in [4.69, 9.17) is 4.74 Å². The van der Waals surface area contributed by atoms with Crippen molar-refractivity contribution in [2.24, 2.45) is 18.4 Å². The molecule has 29 heavy (non-hydrogen) atoms. The number of ether oxygens (including phenoxy) is 1. The third kappa shape index (κ3) is 3.90. The molecule has 0 radical (unpaired) electrons. The Morgan fingerprint density at radius 1 is 1.31 bits per heavy atom. The zero-order valence-electron chi connectivity index (χ0n) is 16.6. The van der Waals surface area contributed by atoms with Crippen LogP contribution in [0.3, 0.4) is 0 Å². The molecule has 1 fully saturated rings. The number of hydrogen-bond donors (Lipinski definition) is 0. The summed E-state index contributed by atoms with van der Waals surface area (Å²) in [5.74, 6) is -0.566. The Balaban J connectivity index is 1.56. The van der Waals surface area contributed by atoms with Gasteiger partial charge in [-0.05, 0) is 56.0 Å². The lowest BCUT2D eigenvalue weighted by atomic mass is 9.67. The Morgan fingerprint density at radius 2 is 2.10 bits per heavy atom. The zero-order chi connectivity index (χ0) is 20.4. The summed E-state index contributed by atoms with van der Waals surface area (Å²) in [5, 5.41) is 14.1. The van der Waals surface area contributed by atoms with Gasteiger partial charge in [-0.3, -0.25) is 4.68 Å². The molecule has 6 heteroatoms. The fourth-order valence-corrected chi connectivity index (χ4v) is 5.24. The minimum Gasteiger partial charge on any atom is -0.378 e. The summed E-state index contributed by atoms with van der Waals surface area (Å²) in [5.41, 5.74) is 1.41. The molecule has 1 aromatic heterocycles. The van der Waals surface area contributed by atoms with E-state index in [1.807, 2.05) is 61.1 Å². The molecule has 0 saturated carbocycles. The van der Waals surface area contributed by atoms with Crippen molar-refractivity contribution in [2.75, 3.05) is 6.61 Å². The number of allylic oxidation sites excluding steroid dienone is 3. The molecule has 0 bridgehead atoms. The Morgan fingerprint density at radius 3 is 2.76 bits per heavy atom. The fourth-order valence-electron chi connectivity index (χ4n) is 4.31. The summed E-state index contributed by atoms with van der Waals surface area (Å²) < 4.78 is 22.9. The number of halogens is 1. The second kappa shape index (κ2) is 8.17. The van der Waals surface area contributed by atoms with E-state index in [9.17, 15) is 5.26 Å². The molecule has 2 heterocycles. The van der Waals surface area contributed by atoms with Gasteiger partial charge in [-0.25, -0.2) is 4.39 Å². The highest BCUT2D eigenvalue weighted by atomic mass is 32.2. The average Bonchev–Trinajstić information content (AvgIpc) is 3.16. The van der Waals surface area contributed by atoms with Crippen LogP contribution in [-0.2, 0) is 11.8 Å². The molecule has 2 aliphatic rings. The SMILES string of the molecule is C[C@H]1C[C@@](C#N)(C2CC=CC(Sc3ccc(-c4ccnn4C)cc3)=C2F)CCO1. The first-order valence-electron chi connectivity index (χ1n) is 9.88. The molecule has 1 aliphatic heterocycles. The molecule has 0 amide bonds. The summed E-state index contributed by atoms with van der Waals surface area (Å²) in [4.78, 5) is 1.57. The highest BCUT2D eigenvalue weighted by Gasteiger charge is 2.45.